The van der Waals surface area contributed by atoms with E-state index in [1.165, 1.54) is 11.0 Å². The van der Waals surface area contributed by atoms with Crippen LogP contribution in [0.15, 0.2) is 48.8 Å². The summed E-state index contributed by atoms with van der Waals surface area (Å²) in [5, 5.41) is 14.2. The van der Waals surface area contributed by atoms with Crippen LogP contribution in [-0.4, -0.2) is 33.2 Å². The van der Waals surface area contributed by atoms with E-state index in [-0.39, 0.29) is 12.3 Å². The van der Waals surface area contributed by atoms with Crippen LogP contribution in [0.25, 0.3) is 5.69 Å². The molecule has 1 N–H and O–H groups in total. The molecule has 122 valence electrons. The first-order chi connectivity index (χ1) is 11.7. The Balaban J connectivity index is 1.72. The third-order valence-corrected chi connectivity index (χ3v) is 3.69. The van der Waals surface area contributed by atoms with Crippen molar-refractivity contribution in [3.63, 3.8) is 0 Å². The van der Waals surface area contributed by atoms with Gasteiger partial charge in [-0.3, -0.25) is 4.79 Å². The van der Waals surface area contributed by atoms with E-state index in [0.29, 0.717) is 16.4 Å². The zero-order valence-corrected chi connectivity index (χ0v) is 13.6. The number of anilines is 1. The standard InChI is InChI=1S/C16H14ClN5O2/c1-24-13-5-2-11(3-6-13)8-16(23)19-15-9-12(4-7-14(15)17)22-10-18-20-21-22/h2-7,9-10H,8H2,1H3,(H,19,23). The first-order valence-corrected chi connectivity index (χ1v) is 7.49. The van der Waals surface area contributed by atoms with Gasteiger partial charge in [0.15, 0.2) is 0 Å². The van der Waals surface area contributed by atoms with Gasteiger partial charge in [-0.15, -0.1) is 5.10 Å². The van der Waals surface area contributed by atoms with Crippen LogP contribution in [0.5, 0.6) is 5.75 Å². The Kier molecular flexibility index (Phi) is 4.72. The maximum absolute atomic E-state index is 12.2. The molecule has 3 aromatic rings. The third-order valence-electron chi connectivity index (χ3n) is 3.36. The normalized spacial score (nSPS) is 10.4. The minimum Gasteiger partial charge on any atom is -0.497 e. The van der Waals surface area contributed by atoms with E-state index in [9.17, 15) is 4.79 Å². The van der Waals surface area contributed by atoms with Gasteiger partial charge in [0, 0.05) is 0 Å². The smallest absolute Gasteiger partial charge is 0.228 e. The van der Waals surface area contributed by atoms with Crippen LogP contribution in [0.2, 0.25) is 5.02 Å². The quantitative estimate of drug-likeness (QED) is 0.769. The Morgan fingerprint density at radius 2 is 2.04 bits per heavy atom. The van der Waals surface area contributed by atoms with Gasteiger partial charge in [0.2, 0.25) is 5.91 Å². The van der Waals surface area contributed by atoms with Crippen molar-refractivity contribution in [2.45, 2.75) is 6.42 Å². The monoisotopic (exact) mass is 343 g/mol. The van der Waals surface area contributed by atoms with Crippen LogP contribution in [-0.2, 0) is 11.2 Å². The number of nitrogens with one attached hydrogen (secondary N) is 1. The minimum absolute atomic E-state index is 0.170. The second-order valence-corrected chi connectivity index (χ2v) is 5.40. The Hall–Kier alpha value is -2.93. The second kappa shape index (κ2) is 7.10. The maximum Gasteiger partial charge on any atom is 0.228 e. The zero-order valence-electron chi connectivity index (χ0n) is 12.8. The number of carbonyl (C=O) groups excluding carboxylic acids is 1. The number of amides is 1. The van der Waals surface area contributed by atoms with Crippen LogP contribution in [0.1, 0.15) is 5.56 Å². The number of benzene rings is 2. The Bertz CT molecular complexity index is 834. The lowest BCUT2D eigenvalue weighted by Crippen LogP contribution is -2.15. The Labute approximate surface area is 143 Å². The summed E-state index contributed by atoms with van der Waals surface area (Å²) in [6.07, 6.45) is 1.70. The maximum atomic E-state index is 12.2. The summed E-state index contributed by atoms with van der Waals surface area (Å²) in [5.41, 5.74) is 2.08. The highest BCUT2D eigenvalue weighted by Gasteiger charge is 2.09. The molecule has 0 radical (unpaired) electrons. The van der Waals surface area contributed by atoms with Crippen molar-refractivity contribution in [2.24, 2.45) is 0 Å². The van der Waals surface area contributed by atoms with Crippen LogP contribution >= 0.6 is 11.6 Å². The van der Waals surface area contributed by atoms with Crippen molar-refractivity contribution in [2.75, 3.05) is 12.4 Å². The van der Waals surface area contributed by atoms with Gasteiger partial charge < -0.3 is 10.1 Å². The van der Waals surface area contributed by atoms with E-state index >= 15 is 0 Å². The molecule has 1 aromatic heterocycles. The fraction of sp³-hybridized carbons (Fsp3) is 0.125. The van der Waals surface area contributed by atoms with Gasteiger partial charge >= 0.3 is 0 Å². The van der Waals surface area contributed by atoms with Crippen molar-refractivity contribution < 1.29 is 9.53 Å². The first-order valence-electron chi connectivity index (χ1n) is 7.11. The number of hydrogen-bond donors (Lipinski definition) is 1. The number of carbonyl (C=O) groups is 1. The van der Waals surface area contributed by atoms with E-state index in [1.807, 2.05) is 24.3 Å². The molecule has 0 bridgehead atoms. The van der Waals surface area contributed by atoms with Gasteiger partial charge in [-0.05, 0) is 46.3 Å². The molecule has 0 unspecified atom stereocenters. The lowest BCUT2D eigenvalue weighted by molar-refractivity contribution is -0.115. The predicted octanol–water partition coefficient (Wildman–Crippen LogP) is 2.51. The Morgan fingerprint density at radius 3 is 2.71 bits per heavy atom. The van der Waals surface area contributed by atoms with Crippen molar-refractivity contribution in [1.82, 2.24) is 20.2 Å². The van der Waals surface area contributed by atoms with Crippen LogP contribution < -0.4 is 10.1 Å². The summed E-state index contributed by atoms with van der Waals surface area (Å²) in [6, 6.07) is 12.5. The molecule has 24 heavy (non-hydrogen) atoms. The highest BCUT2D eigenvalue weighted by Crippen LogP contribution is 2.24. The van der Waals surface area contributed by atoms with Crippen molar-refractivity contribution >= 4 is 23.2 Å². The van der Waals surface area contributed by atoms with Crippen LogP contribution in [0.3, 0.4) is 0 Å². The SMILES string of the molecule is COc1ccc(CC(=O)Nc2cc(-n3cnnn3)ccc2Cl)cc1. The first kappa shape index (κ1) is 15.9. The topological polar surface area (TPSA) is 81.9 Å². The van der Waals surface area contributed by atoms with Crippen LogP contribution in [0.4, 0.5) is 5.69 Å². The molecular formula is C16H14ClN5O2. The molecule has 0 saturated heterocycles. The van der Waals surface area contributed by atoms with E-state index < -0.39 is 0 Å². The summed E-state index contributed by atoms with van der Waals surface area (Å²) in [7, 11) is 1.60. The lowest BCUT2D eigenvalue weighted by Gasteiger charge is -2.09. The number of ether oxygens (including phenoxy) is 1. The van der Waals surface area contributed by atoms with Crippen molar-refractivity contribution in [1.29, 1.82) is 0 Å². The average Bonchev–Trinajstić information content (AvgIpc) is 3.12. The molecule has 0 fully saturated rings. The van der Waals surface area contributed by atoms with Gasteiger partial charge in [-0.1, -0.05) is 23.7 Å². The molecular weight excluding hydrogens is 330 g/mol. The third kappa shape index (κ3) is 3.69. The number of tetrazole rings is 1. The molecule has 1 amide bonds. The molecule has 0 atom stereocenters. The molecule has 3 rings (SSSR count). The van der Waals surface area contributed by atoms with Gasteiger partial charge in [0.1, 0.15) is 12.1 Å². The van der Waals surface area contributed by atoms with Gasteiger partial charge in [-0.25, -0.2) is 4.68 Å². The summed E-state index contributed by atoms with van der Waals surface area (Å²) >= 11 is 6.15. The highest BCUT2D eigenvalue weighted by molar-refractivity contribution is 6.33. The predicted molar refractivity (Wildman–Crippen MR) is 89.5 cm³/mol. The largest absolute Gasteiger partial charge is 0.497 e. The van der Waals surface area contributed by atoms with E-state index in [0.717, 1.165) is 11.3 Å². The molecule has 0 aliphatic carbocycles. The minimum atomic E-state index is -0.170. The second-order valence-electron chi connectivity index (χ2n) is 4.99. The summed E-state index contributed by atoms with van der Waals surface area (Å²) in [5.74, 6) is 0.576. The van der Waals surface area contributed by atoms with Gasteiger partial charge in [0.05, 0.1) is 29.9 Å². The van der Waals surface area contributed by atoms with E-state index in [2.05, 4.69) is 20.8 Å². The number of nitrogens with zero attached hydrogens (tertiary/aromatic N) is 4. The fourth-order valence-corrected chi connectivity index (χ4v) is 2.32. The summed E-state index contributed by atoms with van der Waals surface area (Å²) in [4.78, 5) is 12.2. The lowest BCUT2D eigenvalue weighted by atomic mass is 10.1. The zero-order chi connectivity index (χ0) is 16.9. The number of aromatic nitrogens is 4. The number of halogens is 1. The van der Waals surface area contributed by atoms with E-state index in [1.54, 1.807) is 25.3 Å². The molecule has 2 aromatic carbocycles. The van der Waals surface area contributed by atoms with Crippen molar-refractivity contribution in [3.8, 4) is 11.4 Å². The van der Waals surface area contributed by atoms with E-state index in [4.69, 9.17) is 16.3 Å². The van der Waals surface area contributed by atoms with Gasteiger partial charge in [-0.2, -0.15) is 0 Å². The molecule has 1 heterocycles. The molecule has 0 saturated carbocycles. The highest BCUT2D eigenvalue weighted by atomic mass is 35.5. The number of hydrogen-bond acceptors (Lipinski definition) is 5. The number of rotatable bonds is 5. The number of methoxy groups -OCH3 is 1. The summed E-state index contributed by atoms with van der Waals surface area (Å²) < 4.78 is 6.58. The molecule has 0 aliphatic rings. The summed E-state index contributed by atoms with van der Waals surface area (Å²) in [6.45, 7) is 0. The Morgan fingerprint density at radius 1 is 1.25 bits per heavy atom. The van der Waals surface area contributed by atoms with Gasteiger partial charge in [0.25, 0.3) is 0 Å². The van der Waals surface area contributed by atoms with Crippen molar-refractivity contribution in [3.05, 3.63) is 59.4 Å². The fourth-order valence-electron chi connectivity index (χ4n) is 2.15. The van der Waals surface area contributed by atoms with Crippen LogP contribution in [0, 0.1) is 0 Å². The molecule has 8 heteroatoms. The molecule has 0 aliphatic heterocycles. The molecule has 0 spiro atoms. The molecule has 7 nitrogen and oxygen atoms in total. The average molecular weight is 344 g/mol.